The Bertz CT molecular complexity index is 737. The summed E-state index contributed by atoms with van der Waals surface area (Å²) in [6.45, 7) is 0. The van der Waals surface area contributed by atoms with Crippen LogP contribution in [-0.4, -0.2) is 21.6 Å². The summed E-state index contributed by atoms with van der Waals surface area (Å²) >= 11 is 0. The van der Waals surface area contributed by atoms with Crippen molar-refractivity contribution in [3.05, 3.63) is 35.7 Å². The fourth-order valence-electron chi connectivity index (χ4n) is 2.41. The molecule has 3 heterocycles. The highest BCUT2D eigenvalue weighted by molar-refractivity contribution is 6.29. The van der Waals surface area contributed by atoms with Gasteiger partial charge in [-0.1, -0.05) is 0 Å². The first-order valence-corrected chi connectivity index (χ1v) is 6.35. The maximum Gasteiger partial charge on any atom is 0.273 e. The summed E-state index contributed by atoms with van der Waals surface area (Å²) in [4.78, 5) is 19.2. The summed E-state index contributed by atoms with van der Waals surface area (Å²) in [5.41, 5.74) is 5.96. The van der Waals surface area contributed by atoms with Crippen LogP contribution in [0.2, 0.25) is 0 Å². The van der Waals surface area contributed by atoms with Gasteiger partial charge in [0.15, 0.2) is 0 Å². The zero-order valence-electron chi connectivity index (χ0n) is 10.2. The monoisotopic (exact) mass is 252 g/mol. The average molecular weight is 252 g/mol. The third kappa shape index (κ3) is 1.66. The SMILES string of the molecule is O=C1NN=C(C2CC2)C1=Cc1c[nH]c2ncccc12. The predicted molar refractivity (Wildman–Crippen MR) is 72.4 cm³/mol. The Hall–Kier alpha value is -2.43. The van der Waals surface area contributed by atoms with Crippen molar-refractivity contribution >= 4 is 28.7 Å². The number of pyridine rings is 1. The zero-order valence-corrected chi connectivity index (χ0v) is 10.2. The fourth-order valence-corrected chi connectivity index (χ4v) is 2.41. The van der Waals surface area contributed by atoms with Crippen molar-refractivity contribution in [2.75, 3.05) is 0 Å². The number of hydrogen-bond acceptors (Lipinski definition) is 3. The van der Waals surface area contributed by atoms with Crippen LogP contribution in [0.15, 0.2) is 35.2 Å². The molecule has 1 saturated carbocycles. The van der Waals surface area contributed by atoms with E-state index in [0.717, 1.165) is 35.2 Å². The number of aromatic nitrogens is 2. The van der Waals surface area contributed by atoms with E-state index in [1.807, 2.05) is 24.4 Å². The third-order valence-corrected chi connectivity index (χ3v) is 3.55. The van der Waals surface area contributed by atoms with Crippen LogP contribution >= 0.6 is 0 Å². The molecule has 2 aliphatic rings. The topological polar surface area (TPSA) is 70.1 Å². The average Bonchev–Trinajstić information content (AvgIpc) is 3.10. The number of hydrazone groups is 1. The third-order valence-electron chi connectivity index (χ3n) is 3.55. The minimum Gasteiger partial charge on any atom is -0.346 e. The second kappa shape index (κ2) is 3.78. The minimum absolute atomic E-state index is 0.111. The van der Waals surface area contributed by atoms with Gasteiger partial charge >= 0.3 is 0 Å². The van der Waals surface area contributed by atoms with E-state index in [1.165, 1.54) is 0 Å². The number of H-pyrrole nitrogens is 1. The number of aromatic amines is 1. The van der Waals surface area contributed by atoms with Crippen molar-refractivity contribution < 1.29 is 4.79 Å². The molecule has 4 rings (SSSR count). The summed E-state index contributed by atoms with van der Waals surface area (Å²) in [5, 5.41) is 5.16. The zero-order chi connectivity index (χ0) is 12.8. The molecule has 0 spiro atoms. The molecule has 0 unspecified atom stereocenters. The number of amides is 1. The maximum atomic E-state index is 11.9. The molecule has 0 aromatic carbocycles. The van der Waals surface area contributed by atoms with Crippen LogP contribution in [0.5, 0.6) is 0 Å². The quantitative estimate of drug-likeness (QED) is 0.801. The molecule has 0 radical (unpaired) electrons. The Balaban J connectivity index is 1.82. The molecular weight excluding hydrogens is 240 g/mol. The summed E-state index contributed by atoms with van der Waals surface area (Å²) < 4.78 is 0. The minimum atomic E-state index is -0.111. The number of carbonyl (C=O) groups is 1. The van der Waals surface area contributed by atoms with E-state index in [4.69, 9.17) is 0 Å². The standard InChI is InChI=1S/C14H12N4O/c19-14-11(12(17-18-14)8-3-4-8)6-9-7-16-13-10(9)2-1-5-15-13/h1-2,5-8H,3-4H2,(H,15,16)(H,18,19). The van der Waals surface area contributed by atoms with E-state index >= 15 is 0 Å². The van der Waals surface area contributed by atoms with Crippen molar-refractivity contribution in [1.29, 1.82) is 0 Å². The Labute approximate surface area is 109 Å². The lowest BCUT2D eigenvalue weighted by Gasteiger charge is -1.98. The van der Waals surface area contributed by atoms with E-state index in [0.29, 0.717) is 11.5 Å². The molecule has 19 heavy (non-hydrogen) atoms. The van der Waals surface area contributed by atoms with Gasteiger partial charge in [-0.3, -0.25) is 4.79 Å². The van der Waals surface area contributed by atoms with Crippen LogP contribution in [0.3, 0.4) is 0 Å². The van der Waals surface area contributed by atoms with Crippen LogP contribution in [0.4, 0.5) is 0 Å². The Morgan fingerprint density at radius 1 is 1.37 bits per heavy atom. The Morgan fingerprint density at radius 2 is 2.26 bits per heavy atom. The van der Waals surface area contributed by atoms with Crippen molar-refractivity contribution in [1.82, 2.24) is 15.4 Å². The lowest BCUT2D eigenvalue weighted by molar-refractivity contribution is -0.116. The van der Waals surface area contributed by atoms with Gasteiger partial charge < -0.3 is 4.98 Å². The maximum absolute atomic E-state index is 11.9. The van der Waals surface area contributed by atoms with E-state index in [2.05, 4.69) is 20.5 Å². The number of nitrogens with one attached hydrogen (secondary N) is 2. The molecule has 0 atom stereocenters. The molecule has 5 nitrogen and oxygen atoms in total. The second-order valence-corrected chi connectivity index (χ2v) is 4.91. The largest absolute Gasteiger partial charge is 0.346 e. The number of fused-ring (bicyclic) bond motifs is 1. The van der Waals surface area contributed by atoms with E-state index in [1.54, 1.807) is 6.20 Å². The molecule has 5 heteroatoms. The van der Waals surface area contributed by atoms with Crippen molar-refractivity contribution in [2.24, 2.45) is 11.0 Å². The van der Waals surface area contributed by atoms with E-state index < -0.39 is 0 Å². The smallest absolute Gasteiger partial charge is 0.273 e. The highest BCUT2D eigenvalue weighted by atomic mass is 16.2. The highest BCUT2D eigenvalue weighted by Gasteiger charge is 2.35. The molecule has 1 fully saturated rings. The van der Waals surface area contributed by atoms with Gasteiger partial charge in [-0.25, -0.2) is 10.4 Å². The van der Waals surface area contributed by atoms with Crippen LogP contribution in [0.1, 0.15) is 18.4 Å². The summed E-state index contributed by atoms with van der Waals surface area (Å²) in [7, 11) is 0. The van der Waals surface area contributed by atoms with Gasteiger partial charge in [-0.15, -0.1) is 0 Å². The van der Waals surface area contributed by atoms with Gasteiger partial charge in [0.25, 0.3) is 5.91 Å². The van der Waals surface area contributed by atoms with Crippen molar-refractivity contribution in [2.45, 2.75) is 12.8 Å². The first kappa shape index (κ1) is 10.5. The number of hydrogen-bond donors (Lipinski definition) is 2. The normalized spacial score (nSPS) is 20.9. The molecule has 1 amide bonds. The van der Waals surface area contributed by atoms with E-state index in [-0.39, 0.29) is 5.91 Å². The van der Waals surface area contributed by atoms with Gasteiger partial charge in [-0.05, 0) is 31.1 Å². The van der Waals surface area contributed by atoms with Gasteiger partial charge in [0, 0.05) is 29.3 Å². The fraction of sp³-hybridized carbons (Fsp3) is 0.214. The number of nitrogens with zero attached hydrogens (tertiary/aromatic N) is 2. The van der Waals surface area contributed by atoms with Gasteiger partial charge in [0.1, 0.15) is 5.65 Å². The molecule has 94 valence electrons. The van der Waals surface area contributed by atoms with Gasteiger partial charge in [-0.2, -0.15) is 5.10 Å². The molecule has 1 aliphatic carbocycles. The van der Waals surface area contributed by atoms with Crippen molar-refractivity contribution in [3.8, 4) is 0 Å². The highest BCUT2D eigenvalue weighted by Crippen LogP contribution is 2.35. The van der Waals surface area contributed by atoms with Crippen LogP contribution < -0.4 is 5.43 Å². The molecule has 0 saturated heterocycles. The summed E-state index contributed by atoms with van der Waals surface area (Å²) in [6, 6.07) is 3.88. The van der Waals surface area contributed by atoms with Crippen LogP contribution in [-0.2, 0) is 4.79 Å². The Kier molecular flexibility index (Phi) is 2.09. The van der Waals surface area contributed by atoms with E-state index in [9.17, 15) is 4.79 Å². The number of carbonyl (C=O) groups excluding carboxylic acids is 1. The van der Waals surface area contributed by atoms with Gasteiger partial charge in [0.05, 0.1) is 11.3 Å². The molecular formula is C14H12N4O. The number of rotatable bonds is 2. The molecule has 2 aromatic rings. The summed E-state index contributed by atoms with van der Waals surface area (Å²) in [6.07, 6.45) is 7.77. The summed E-state index contributed by atoms with van der Waals surface area (Å²) in [5.74, 6) is 0.341. The van der Waals surface area contributed by atoms with Gasteiger partial charge in [0.2, 0.25) is 0 Å². The molecule has 1 aliphatic heterocycles. The molecule has 2 aromatic heterocycles. The second-order valence-electron chi connectivity index (χ2n) is 4.91. The van der Waals surface area contributed by atoms with Crippen molar-refractivity contribution in [3.63, 3.8) is 0 Å². The lowest BCUT2D eigenvalue weighted by Crippen LogP contribution is -2.13. The first-order valence-electron chi connectivity index (χ1n) is 6.35. The predicted octanol–water partition coefficient (Wildman–Crippen LogP) is 1.84. The molecule has 0 bridgehead atoms. The molecule has 2 N–H and O–H groups in total. The van der Waals surface area contributed by atoms with Crippen LogP contribution in [0, 0.1) is 5.92 Å². The Morgan fingerprint density at radius 3 is 3.11 bits per heavy atom. The van der Waals surface area contributed by atoms with Crippen LogP contribution in [0.25, 0.3) is 17.1 Å². The first-order chi connectivity index (χ1) is 9.33. The lowest BCUT2D eigenvalue weighted by atomic mass is 10.0.